The van der Waals surface area contributed by atoms with E-state index in [9.17, 15) is 22.8 Å². The molecular weight excluding hydrogens is 482 g/mol. The third-order valence-corrected chi connectivity index (χ3v) is 7.93. The minimum Gasteiger partial charge on any atom is -0.497 e. The molecule has 0 aromatic heterocycles. The van der Waals surface area contributed by atoms with E-state index in [1.807, 2.05) is 32.0 Å². The summed E-state index contributed by atoms with van der Waals surface area (Å²) in [7, 11) is -2.38. The van der Waals surface area contributed by atoms with Gasteiger partial charge in [-0.3, -0.25) is 14.4 Å². The highest BCUT2D eigenvalue weighted by molar-refractivity contribution is 7.90. The van der Waals surface area contributed by atoms with Gasteiger partial charge >= 0.3 is 0 Å². The fourth-order valence-electron chi connectivity index (χ4n) is 4.22. The second-order valence-corrected chi connectivity index (χ2v) is 10.4. The summed E-state index contributed by atoms with van der Waals surface area (Å²) >= 11 is 0. The lowest BCUT2D eigenvalue weighted by molar-refractivity contribution is -0.141. The van der Waals surface area contributed by atoms with Gasteiger partial charge in [0, 0.05) is 26.1 Å². The van der Waals surface area contributed by atoms with Crippen molar-refractivity contribution in [1.82, 2.24) is 14.5 Å². The molecule has 2 aromatic carbocycles. The van der Waals surface area contributed by atoms with Crippen LogP contribution in [0.4, 0.5) is 0 Å². The van der Waals surface area contributed by atoms with Gasteiger partial charge in [0.15, 0.2) is 0 Å². The van der Waals surface area contributed by atoms with E-state index in [-0.39, 0.29) is 48.2 Å². The number of hydrogen-bond acceptors (Lipinski definition) is 6. The molecule has 1 atom stereocenters. The molecule has 10 heteroatoms. The van der Waals surface area contributed by atoms with Crippen LogP contribution in [0.1, 0.15) is 55.5 Å². The first-order valence-electron chi connectivity index (χ1n) is 12.1. The van der Waals surface area contributed by atoms with Crippen LogP contribution in [-0.2, 0) is 26.2 Å². The molecule has 0 aliphatic carbocycles. The van der Waals surface area contributed by atoms with Crippen LogP contribution in [0.15, 0.2) is 53.4 Å². The number of benzene rings is 2. The summed E-state index contributed by atoms with van der Waals surface area (Å²) in [4.78, 5) is 40.4. The predicted molar refractivity (Wildman–Crippen MR) is 135 cm³/mol. The normalized spacial score (nSPS) is 14.8. The lowest BCUT2D eigenvalue weighted by Crippen LogP contribution is -2.49. The maximum atomic E-state index is 13.4. The Hall–Kier alpha value is -3.40. The Morgan fingerprint density at radius 3 is 2.53 bits per heavy atom. The molecule has 3 amide bonds. The molecule has 1 N–H and O–H groups in total. The number of sulfonamides is 1. The molecule has 1 aliphatic rings. The van der Waals surface area contributed by atoms with E-state index in [4.69, 9.17) is 4.74 Å². The van der Waals surface area contributed by atoms with Gasteiger partial charge in [-0.05, 0) is 49.1 Å². The van der Waals surface area contributed by atoms with Gasteiger partial charge in [-0.1, -0.05) is 38.1 Å². The number of methoxy groups -OCH3 is 1. The third kappa shape index (κ3) is 5.87. The quantitative estimate of drug-likeness (QED) is 0.465. The van der Waals surface area contributed by atoms with Gasteiger partial charge in [-0.25, -0.2) is 12.7 Å². The largest absolute Gasteiger partial charge is 0.497 e. The maximum Gasteiger partial charge on any atom is 0.269 e. The lowest BCUT2D eigenvalue weighted by Gasteiger charge is -2.31. The van der Waals surface area contributed by atoms with Crippen molar-refractivity contribution in [3.63, 3.8) is 0 Å². The number of rotatable bonds is 12. The van der Waals surface area contributed by atoms with Crippen LogP contribution in [-0.4, -0.2) is 61.6 Å². The Bertz CT molecular complexity index is 1210. The molecule has 0 spiro atoms. The minimum atomic E-state index is -3.93. The fraction of sp³-hybridized carbons (Fsp3) is 0.423. The van der Waals surface area contributed by atoms with E-state index in [0.717, 1.165) is 16.3 Å². The summed E-state index contributed by atoms with van der Waals surface area (Å²) in [6.45, 7) is 4.38. The zero-order valence-corrected chi connectivity index (χ0v) is 21.7. The highest BCUT2D eigenvalue weighted by Gasteiger charge is 2.40. The molecule has 0 bridgehead atoms. The second kappa shape index (κ2) is 12.0. The number of carbonyl (C=O) groups excluding carboxylic acids is 3. The van der Waals surface area contributed by atoms with Crippen molar-refractivity contribution < 1.29 is 27.5 Å². The summed E-state index contributed by atoms with van der Waals surface area (Å²) in [5, 5.41) is 2.86. The van der Waals surface area contributed by atoms with Gasteiger partial charge in [0.05, 0.1) is 12.7 Å². The monoisotopic (exact) mass is 515 g/mol. The average molecular weight is 516 g/mol. The number of fused-ring (bicyclic) bond motifs is 1. The first kappa shape index (κ1) is 27.2. The van der Waals surface area contributed by atoms with Crippen molar-refractivity contribution in [2.45, 2.75) is 57.0 Å². The van der Waals surface area contributed by atoms with E-state index in [1.54, 1.807) is 25.3 Å². The molecule has 0 radical (unpaired) electrons. The molecule has 3 rings (SSSR count). The third-order valence-electron chi connectivity index (χ3n) is 6.09. The van der Waals surface area contributed by atoms with Gasteiger partial charge in [0.2, 0.25) is 11.8 Å². The molecule has 36 heavy (non-hydrogen) atoms. The van der Waals surface area contributed by atoms with E-state index in [0.29, 0.717) is 18.7 Å². The van der Waals surface area contributed by atoms with Crippen LogP contribution in [0.2, 0.25) is 0 Å². The summed E-state index contributed by atoms with van der Waals surface area (Å²) in [5.74, 6) is -0.474. The Kier molecular flexibility index (Phi) is 9.08. The van der Waals surface area contributed by atoms with Crippen LogP contribution in [0.3, 0.4) is 0 Å². The van der Waals surface area contributed by atoms with Gasteiger partial charge in [-0.2, -0.15) is 0 Å². The molecule has 9 nitrogen and oxygen atoms in total. The average Bonchev–Trinajstić information content (AvgIpc) is 3.07. The molecule has 0 saturated heterocycles. The lowest BCUT2D eigenvalue weighted by atomic mass is 10.1. The van der Waals surface area contributed by atoms with Gasteiger partial charge in [0.25, 0.3) is 15.9 Å². The molecule has 1 aliphatic heterocycles. The van der Waals surface area contributed by atoms with Gasteiger partial charge in [-0.15, -0.1) is 0 Å². The van der Waals surface area contributed by atoms with Gasteiger partial charge < -0.3 is 15.0 Å². The topological polar surface area (TPSA) is 113 Å². The summed E-state index contributed by atoms with van der Waals surface area (Å²) in [6, 6.07) is 12.7. The second-order valence-electron chi connectivity index (χ2n) is 8.57. The van der Waals surface area contributed by atoms with Crippen molar-refractivity contribution in [1.29, 1.82) is 0 Å². The molecular formula is C26H33N3O6S. The van der Waals surface area contributed by atoms with E-state index >= 15 is 0 Å². The van der Waals surface area contributed by atoms with Crippen molar-refractivity contribution in [2.75, 3.05) is 20.2 Å². The van der Waals surface area contributed by atoms with Crippen molar-refractivity contribution in [2.24, 2.45) is 0 Å². The first-order chi connectivity index (χ1) is 17.2. The van der Waals surface area contributed by atoms with E-state index in [1.165, 1.54) is 17.0 Å². The highest BCUT2D eigenvalue weighted by Crippen LogP contribution is 2.30. The number of hydrogen-bond donors (Lipinski definition) is 1. The molecule has 0 unspecified atom stereocenters. The highest BCUT2D eigenvalue weighted by atomic mass is 32.2. The number of carbonyl (C=O) groups is 3. The number of amides is 3. The Morgan fingerprint density at radius 2 is 1.86 bits per heavy atom. The van der Waals surface area contributed by atoms with E-state index < -0.39 is 22.0 Å². The van der Waals surface area contributed by atoms with Crippen LogP contribution < -0.4 is 10.1 Å². The first-order valence-corrected chi connectivity index (χ1v) is 13.5. The summed E-state index contributed by atoms with van der Waals surface area (Å²) < 4.78 is 31.7. The SMILES string of the molecule is CCCNC(=O)[C@@H](CC)N(Cc1cccc(OC)c1)C(=O)CCCN1C(=O)c2ccccc2S1(=O)=O. The Balaban J connectivity index is 1.75. The van der Waals surface area contributed by atoms with Crippen LogP contribution in [0, 0.1) is 0 Å². The summed E-state index contributed by atoms with van der Waals surface area (Å²) in [6.07, 6.45) is 1.31. The van der Waals surface area contributed by atoms with Gasteiger partial charge in [0.1, 0.15) is 16.7 Å². The molecule has 1 heterocycles. The zero-order chi connectivity index (χ0) is 26.3. The Labute approximate surface area is 212 Å². The zero-order valence-electron chi connectivity index (χ0n) is 20.9. The van der Waals surface area contributed by atoms with Crippen LogP contribution in [0.5, 0.6) is 5.75 Å². The minimum absolute atomic E-state index is 0.0142. The number of ether oxygens (including phenoxy) is 1. The standard InChI is InChI=1S/C26H33N3O6S/c1-4-15-27-25(31)22(5-2)28(18-19-10-8-11-20(17-19)35-3)24(30)14-9-16-29-26(32)21-12-6-7-13-23(21)36(29,33)34/h6-8,10-13,17,22H,4-5,9,14-16,18H2,1-3H3,(H,27,31)/t22-/m1/s1. The smallest absolute Gasteiger partial charge is 0.269 e. The van der Waals surface area contributed by atoms with Crippen LogP contribution in [0.25, 0.3) is 0 Å². The predicted octanol–water partition coefficient (Wildman–Crippen LogP) is 2.95. The number of nitrogens with zero attached hydrogens (tertiary/aromatic N) is 2. The molecule has 194 valence electrons. The molecule has 0 fully saturated rings. The molecule has 0 saturated carbocycles. The number of nitrogens with one attached hydrogen (secondary N) is 1. The fourth-order valence-corrected chi connectivity index (χ4v) is 5.83. The van der Waals surface area contributed by atoms with Crippen molar-refractivity contribution >= 4 is 27.7 Å². The van der Waals surface area contributed by atoms with Crippen LogP contribution >= 0.6 is 0 Å². The maximum absolute atomic E-state index is 13.4. The molecule has 2 aromatic rings. The van der Waals surface area contributed by atoms with Crippen molar-refractivity contribution in [3.05, 3.63) is 59.7 Å². The Morgan fingerprint density at radius 1 is 1.11 bits per heavy atom. The van der Waals surface area contributed by atoms with Crippen molar-refractivity contribution in [3.8, 4) is 5.75 Å². The summed E-state index contributed by atoms with van der Waals surface area (Å²) in [5.41, 5.74) is 0.944. The van der Waals surface area contributed by atoms with E-state index in [2.05, 4.69) is 5.32 Å².